The van der Waals surface area contributed by atoms with Crippen LogP contribution in [-0.4, -0.2) is 6.10 Å². The first-order valence-corrected chi connectivity index (χ1v) is 18.2. The predicted octanol–water partition coefficient (Wildman–Crippen LogP) is 13.7. The average Bonchev–Trinajstić information content (AvgIpc) is 3.79. The lowest BCUT2D eigenvalue weighted by atomic mass is 9.91. The Labute approximate surface area is 307 Å². The van der Waals surface area contributed by atoms with Crippen LogP contribution >= 0.6 is 0 Å². The molecule has 0 bridgehead atoms. The molecule has 3 nitrogen and oxygen atoms in total. The minimum absolute atomic E-state index is 0.0323. The van der Waals surface area contributed by atoms with Crippen molar-refractivity contribution in [2.75, 3.05) is 4.90 Å². The zero-order valence-electron chi connectivity index (χ0n) is 28.8. The highest BCUT2D eigenvalue weighted by Crippen LogP contribution is 2.52. The van der Waals surface area contributed by atoms with Crippen LogP contribution in [0.25, 0.3) is 65.7 Å². The molecule has 2 atom stereocenters. The van der Waals surface area contributed by atoms with Crippen molar-refractivity contribution in [2.45, 2.75) is 12.0 Å². The van der Waals surface area contributed by atoms with Gasteiger partial charge in [0.2, 0.25) is 0 Å². The van der Waals surface area contributed by atoms with Crippen molar-refractivity contribution in [3.05, 3.63) is 194 Å². The van der Waals surface area contributed by atoms with Crippen molar-refractivity contribution < 1.29 is 9.15 Å². The summed E-state index contributed by atoms with van der Waals surface area (Å²) in [6.45, 7) is 0. The number of hydrogen-bond acceptors (Lipinski definition) is 3. The van der Waals surface area contributed by atoms with E-state index in [0.29, 0.717) is 0 Å². The summed E-state index contributed by atoms with van der Waals surface area (Å²) in [6.07, 6.45) is 8.61. The van der Waals surface area contributed by atoms with Gasteiger partial charge in [-0.2, -0.15) is 0 Å². The van der Waals surface area contributed by atoms with Crippen molar-refractivity contribution in [3.63, 3.8) is 0 Å². The van der Waals surface area contributed by atoms with Gasteiger partial charge in [-0.25, -0.2) is 0 Å². The Morgan fingerprint density at radius 1 is 0.472 bits per heavy atom. The normalized spacial score (nSPS) is 15.9. The number of furan rings is 1. The van der Waals surface area contributed by atoms with E-state index in [1.165, 1.54) is 32.7 Å². The van der Waals surface area contributed by atoms with E-state index in [2.05, 4.69) is 193 Å². The maximum Gasteiger partial charge on any atom is 0.148 e. The van der Waals surface area contributed by atoms with E-state index in [1.54, 1.807) is 0 Å². The molecular formula is C50H33NO2. The number of anilines is 3. The molecule has 0 saturated heterocycles. The number of ether oxygens (including phenoxy) is 1. The topological polar surface area (TPSA) is 25.6 Å². The molecule has 250 valence electrons. The summed E-state index contributed by atoms with van der Waals surface area (Å²) in [5.41, 5.74) is 10.5. The van der Waals surface area contributed by atoms with Crippen molar-refractivity contribution >= 4 is 60.5 Å². The van der Waals surface area contributed by atoms with Gasteiger partial charge < -0.3 is 14.1 Å². The standard InChI is InChI=1S/C50H33NO2/c1-2-15-34-31-48-44(30-33(34)14-1)43-24-11-23-41(49(43)53-48)39-20-5-7-26-45(39)51(46-27-12-25-42-40-21-6-8-28-47(40)52-50(42)46)36-18-9-17-35(29-36)38-22-10-16-32-13-3-4-19-37(32)38/h1-31,40,47H. The van der Waals surface area contributed by atoms with Crippen LogP contribution in [0, 0.1) is 0 Å². The first-order valence-electron chi connectivity index (χ1n) is 18.2. The second-order valence-electron chi connectivity index (χ2n) is 14.0. The molecule has 8 aromatic carbocycles. The van der Waals surface area contributed by atoms with E-state index in [-0.39, 0.29) is 12.0 Å². The van der Waals surface area contributed by atoms with Gasteiger partial charge in [0.25, 0.3) is 0 Å². The fourth-order valence-electron chi connectivity index (χ4n) is 8.51. The number of para-hydroxylation sites is 3. The monoisotopic (exact) mass is 679 g/mol. The van der Waals surface area contributed by atoms with Crippen LogP contribution in [-0.2, 0) is 0 Å². The van der Waals surface area contributed by atoms with Crippen LogP contribution in [0.2, 0.25) is 0 Å². The largest absolute Gasteiger partial charge is 0.483 e. The fraction of sp³-hybridized carbons (Fsp3) is 0.0400. The second-order valence-corrected chi connectivity index (χ2v) is 14.0. The van der Waals surface area contributed by atoms with Crippen LogP contribution in [0.4, 0.5) is 17.1 Å². The van der Waals surface area contributed by atoms with Gasteiger partial charge in [0.1, 0.15) is 23.0 Å². The summed E-state index contributed by atoms with van der Waals surface area (Å²) in [6, 6.07) is 58.7. The number of allylic oxidation sites excluding steroid dienone is 2. The molecule has 0 fully saturated rings. The zero-order valence-corrected chi connectivity index (χ0v) is 28.8. The van der Waals surface area contributed by atoms with Gasteiger partial charge in [0, 0.05) is 39.1 Å². The molecule has 0 saturated carbocycles. The molecule has 1 aliphatic carbocycles. The first kappa shape index (κ1) is 29.8. The smallest absolute Gasteiger partial charge is 0.148 e. The van der Waals surface area contributed by atoms with Gasteiger partial charge in [-0.05, 0) is 75.1 Å². The Kier molecular flexibility index (Phi) is 6.68. The molecule has 0 N–H and O–H groups in total. The van der Waals surface area contributed by atoms with E-state index in [9.17, 15) is 0 Å². The molecule has 2 heterocycles. The van der Waals surface area contributed by atoms with Gasteiger partial charge in [-0.3, -0.25) is 0 Å². The first-order chi connectivity index (χ1) is 26.3. The Morgan fingerprint density at radius 2 is 1.15 bits per heavy atom. The molecule has 11 rings (SSSR count). The van der Waals surface area contributed by atoms with Crippen LogP contribution < -0.4 is 9.64 Å². The van der Waals surface area contributed by atoms with Crippen LogP contribution in [0.15, 0.2) is 193 Å². The van der Waals surface area contributed by atoms with Crippen LogP contribution in [0.3, 0.4) is 0 Å². The third-order valence-corrected chi connectivity index (χ3v) is 11.0. The minimum Gasteiger partial charge on any atom is -0.483 e. The average molecular weight is 680 g/mol. The summed E-state index contributed by atoms with van der Waals surface area (Å²) in [7, 11) is 0. The van der Waals surface area contributed by atoms with E-state index in [0.717, 1.165) is 61.4 Å². The maximum absolute atomic E-state index is 6.83. The Balaban J connectivity index is 1.15. The van der Waals surface area contributed by atoms with E-state index in [4.69, 9.17) is 9.15 Å². The van der Waals surface area contributed by atoms with E-state index >= 15 is 0 Å². The molecule has 0 amide bonds. The SMILES string of the molecule is C1=CC2Oc3c(cccc3N(c3cccc(-c4cccc5ccccc45)c3)c3ccccc3-c3cccc4c3oc3cc5ccccc5cc34)C2C=C1. The predicted molar refractivity (Wildman–Crippen MR) is 220 cm³/mol. The lowest BCUT2D eigenvalue weighted by molar-refractivity contribution is 0.269. The maximum atomic E-state index is 6.83. The van der Waals surface area contributed by atoms with E-state index < -0.39 is 0 Å². The van der Waals surface area contributed by atoms with E-state index in [1.807, 2.05) is 0 Å². The fourth-order valence-corrected chi connectivity index (χ4v) is 8.51. The molecule has 2 unspecified atom stereocenters. The molecule has 0 spiro atoms. The number of nitrogens with zero attached hydrogens (tertiary/aromatic N) is 1. The van der Waals surface area contributed by atoms with Crippen molar-refractivity contribution in [1.29, 1.82) is 0 Å². The van der Waals surface area contributed by atoms with Gasteiger partial charge in [0.05, 0.1) is 11.4 Å². The Bertz CT molecular complexity index is 2960. The molecule has 1 aromatic heterocycles. The minimum atomic E-state index is -0.0323. The number of fused-ring (bicyclic) bond motifs is 8. The highest BCUT2D eigenvalue weighted by Gasteiger charge is 2.35. The van der Waals surface area contributed by atoms with Crippen molar-refractivity contribution in [1.82, 2.24) is 0 Å². The summed E-state index contributed by atoms with van der Waals surface area (Å²) in [5, 5.41) is 7.05. The third-order valence-electron chi connectivity index (χ3n) is 11.0. The molecule has 1 aliphatic heterocycles. The summed E-state index contributed by atoms with van der Waals surface area (Å²) < 4.78 is 13.6. The number of benzene rings is 8. The summed E-state index contributed by atoms with van der Waals surface area (Å²) >= 11 is 0. The van der Waals surface area contributed by atoms with Crippen molar-refractivity contribution in [2.24, 2.45) is 0 Å². The quantitative estimate of drug-likeness (QED) is 0.181. The van der Waals surface area contributed by atoms with Gasteiger partial charge in [0.15, 0.2) is 0 Å². The Morgan fingerprint density at radius 3 is 2.09 bits per heavy atom. The van der Waals surface area contributed by atoms with Crippen LogP contribution in [0.5, 0.6) is 5.75 Å². The molecule has 0 radical (unpaired) electrons. The summed E-state index contributed by atoms with van der Waals surface area (Å²) in [5.74, 6) is 1.09. The molecular weight excluding hydrogens is 647 g/mol. The van der Waals surface area contributed by atoms with Crippen LogP contribution in [0.1, 0.15) is 11.5 Å². The highest BCUT2D eigenvalue weighted by atomic mass is 16.5. The second kappa shape index (κ2) is 11.9. The van der Waals surface area contributed by atoms with Gasteiger partial charge >= 0.3 is 0 Å². The lowest BCUT2D eigenvalue weighted by Crippen LogP contribution is -2.16. The molecule has 9 aromatic rings. The lowest BCUT2D eigenvalue weighted by Gasteiger charge is -2.29. The number of hydrogen-bond donors (Lipinski definition) is 0. The summed E-state index contributed by atoms with van der Waals surface area (Å²) in [4.78, 5) is 2.38. The van der Waals surface area contributed by atoms with Crippen molar-refractivity contribution in [3.8, 4) is 28.0 Å². The highest BCUT2D eigenvalue weighted by molar-refractivity contribution is 6.14. The molecule has 3 heteroatoms. The number of rotatable bonds is 5. The van der Waals surface area contributed by atoms with Gasteiger partial charge in [-0.15, -0.1) is 0 Å². The molecule has 2 aliphatic rings. The molecule has 53 heavy (non-hydrogen) atoms. The van der Waals surface area contributed by atoms with Gasteiger partial charge in [-0.1, -0.05) is 146 Å². The Hall–Kier alpha value is -6.84. The third kappa shape index (κ3) is 4.74. The zero-order chi connectivity index (χ0) is 34.9.